The maximum atomic E-state index is 11.7. The summed E-state index contributed by atoms with van der Waals surface area (Å²) < 4.78 is 23.4. The second-order valence-corrected chi connectivity index (χ2v) is 8.49. The molecule has 0 spiro atoms. The summed E-state index contributed by atoms with van der Waals surface area (Å²) in [7, 11) is -3.54. The summed E-state index contributed by atoms with van der Waals surface area (Å²) in [6, 6.07) is 9.56. The number of carbonyl (C=O) groups excluding carboxylic acids is 1. The predicted molar refractivity (Wildman–Crippen MR) is 102 cm³/mol. The molecule has 1 aliphatic rings. The molecule has 1 amide bonds. The SMILES string of the molecule is CC(=O)Nc1cccc2c1CCN(c1ccc(S(C)(=O)=O)cc1[N+](=O)[O-])C2. The van der Waals surface area contributed by atoms with E-state index in [2.05, 4.69) is 5.32 Å². The van der Waals surface area contributed by atoms with Crippen molar-refractivity contribution in [1.29, 1.82) is 0 Å². The third kappa shape index (κ3) is 3.92. The number of amides is 1. The summed E-state index contributed by atoms with van der Waals surface area (Å²) >= 11 is 0. The van der Waals surface area contributed by atoms with Crippen LogP contribution in [0.25, 0.3) is 0 Å². The Kier molecular flexibility index (Phi) is 4.88. The molecule has 0 saturated heterocycles. The van der Waals surface area contributed by atoms with Gasteiger partial charge in [-0.1, -0.05) is 12.1 Å². The Hall–Kier alpha value is -2.94. The molecule has 1 aliphatic heterocycles. The maximum Gasteiger partial charge on any atom is 0.293 e. The fourth-order valence-corrected chi connectivity index (χ4v) is 3.91. The van der Waals surface area contributed by atoms with Gasteiger partial charge in [-0.25, -0.2) is 8.42 Å². The van der Waals surface area contributed by atoms with Crippen LogP contribution >= 0.6 is 0 Å². The van der Waals surface area contributed by atoms with Crippen molar-refractivity contribution in [3.63, 3.8) is 0 Å². The summed E-state index contributed by atoms with van der Waals surface area (Å²) in [4.78, 5) is 24.1. The second kappa shape index (κ2) is 6.99. The first-order valence-electron chi connectivity index (χ1n) is 8.28. The third-order valence-corrected chi connectivity index (χ3v) is 5.60. The van der Waals surface area contributed by atoms with Gasteiger partial charge in [0.05, 0.1) is 9.82 Å². The lowest BCUT2D eigenvalue weighted by Gasteiger charge is -2.31. The van der Waals surface area contributed by atoms with Gasteiger partial charge in [-0.15, -0.1) is 0 Å². The number of benzene rings is 2. The van der Waals surface area contributed by atoms with E-state index in [-0.39, 0.29) is 16.5 Å². The first-order valence-corrected chi connectivity index (χ1v) is 10.2. The van der Waals surface area contributed by atoms with Crippen LogP contribution < -0.4 is 10.2 Å². The highest BCUT2D eigenvalue weighted by atomic mass is 32.2. The molecule has 0 aromatic heterocycles. The number of fused-ring (bicyclic) bond motifs is 1. The van der Waals surface area contributed by atoms with E-state index in [1.54, 1.807) is 0 Å². The highest BCUT2D eigenvalue weighted by molar-refractivity contribution is 7.90. The van der Waals surface area contributed by atoms with Crippen LogP contribution in [0.4, 0.5) is 17.1 Å². The predicted octanol–water partition coefficient (Wildman–Crippen LogP) is 2.52. The molecule has 0 atom stereocenters. The van der Waals surface area contributed by atoms with Crippen LogP contribution in [0.2, 0.25) is 0 Å². The molecule has 8 nitrogen and oxygen atoms in total. The van der Waals surface area contributed by atoms with E-state index < -0.39 is 14.8 Å². The average molecular weight is 389 g/mol. The first kappa shape index (κ1) is 18.8. The van der Waals surface area contributed by atoms with Crippen LogP contribution in [0.3, 0.4) is 0 Å². The van der Waals surface area contributed by atoms with Crippen molar-refractivity contribution < 1.29 is 18.1 Å². The molecule has 0 aliphatic carbocycles. The molecule has 2 aromatic carbocycles. The Labute approximate surface area is 156 Å². The van der Waals surface area contributed by atoms with Gasteiger partial charge >= 0.3 is 0 Å². The number of anilines is 2. The number of nitrogens with zero attached hydrogens (tertiary/aromatic N) is 2. The number of nitrogens with one attached hydrogen (secondary N) is 1. The van der Waals surface area contributed by atoms with E-state index in [1.165, 1.54) is 19.1 Å². The lowest BCUT2D eigenvalue weighted by Crippen LogP contribution is -2.31. The van der Waals surface area contributed by atoms with Crippen LogP contribution in [-0.4, -0.2) is 32.0 Å². The van der Waals surface area contributed by atoms with Gasteiger partial charge in [0.1, 0.15) is 5.69 Å². The number of rotatable bonds is 4. The summed E-state index contributed by atoms with van der Waals surface area (Å²) in [5.74, 6) is -0.155. The molecule has 9 heteroatoms. The standard InChI is InChI=1S/C18H19N3O5S/c1-12(22)19-16-5-3-4-13-11-20(9-8-15(13)16)17-7-6-14(27(2,25)26)10-18(17)21(23)24/h3-7,10H,8-9,11H2,1-2H3,(H,19,22). The highest BCUT2D eigenvalue weighted by Gasteiger charge is 2.26. The minimum Gasteiger partial charge on any atom is -0.361 e. The maximum absolute atomic E-state index is 11.7. The van der Waals surface area contributed by atoms with E-state index in [9.17, 15) is 23.3 Å². The van der Waals surface area contributed by atoms with Gasteiger partial charge < -0.3 is 10.2 Å². The number of sulfone groups is 1. The first-order chi connectivity index (χ1) is 12.7. The molecule has 3 rings (SSSR count). The van der Waals surface area contributed by atoms with Crippen LogP contribution in [0, 0.1) is 10.1 Å². The average Bonchev–Trinajstić information content (AvgIpc) is 2.59. The van der Waals surface area contributed by atoms with Crippen LogP contribution in [0.15, 0.2) is 41.3 Å². The van der Waals surface area contributed by atoms with Crippen molar-refractivity contribution >= 4 is 32.8 Å². The number of nitro benzene ring substituents is 1. The largest absolute Gasteiger partial charge is 0.361 e. The summed E-state index contributed by atoms with van der Waals surface area (Å²) in [6.45, 7) is 2.39. The quantitative estimate of drug-likeness (QED) is 0.636. The van der Waals surface area contributed by atoms with E-state index in [4.69, 9.17) is 0 Å². The van der Waals surface area contributed by atoms with Crippen molar-refractivity contribution in [2.45, 2.75) is 24.8 Å². The number of nitro groups is 1. The van der Waals surface area contributed by atoms with Gasteiger partial charge in [0.25, 0.3) is 5.69 Å². The number of carbonyl (C=O) groups is 1. The van der Waals surface area contributed by atoms with Gasteiger partial charge in [-0.05, 0) is 35.7 Å². The zero-order valence-corrected chi connectivity index (χ0v) is 15.7. The Bertz CT molecular complexity index is 1030. The molecule has 1 N–H and O–H groups in total. The fraction of sp³-hybridized carbons (Fsp3) is 0.278. The van der Waals surface area contributed by atoms with Gasteiger partial charge in [-0.3, -0.25) is 14.9 Å². The van der Waals surface area contributed by atoms with Crippen molar-refractivity contribution in [2.75, 3.05) is 23.0 Å². The van der Waals surface area contributed by atoms with Crippen LogP contribution in [-0.2, 0) is 27.6 Å². The van der Waals surface area contributed by atoms with Gasteiger partial charge in [0.2, 0.25) is 5.91 Å². The lowest BCUT2D eigenvalue weighted by molar-refractivity contribution is -0.384. The van der Waals surface area contributed by atoms with E-state index in [0.717, 1.165) is 29.1 Å². The third-order valence-electron chi connectivity index (χ3n) is 4.49. The fourth-order valence-electron chi connectivity index (χ4n) is 3.27. The topological polar surface area (TPSA) is 110 Å². The lowest BCUT2D eigenvalue weighted by atomic mass is 9.97. The minimum atomic E-state index is -3.54. The number of hydrogen-bond donors (Lipinski definition) is 1. The van der Waals surface area contributed by atoms with E-state index in [0.29, 0.717) is 25.2 Å². The summed E-state index contributed by atoms with van der Waals surface area (Å²) in [5.41, 5.74) is 2.87. The molecule has 0 fully saturated rings. The van der Waals surface area contributed by atoms with E-state index in [1.807, 2.05) is 23.1 Å². The number of hydrogen-bond acceptors (Lipinski definition) is 6. The van der Waals surface area contributed by atoms with Crippen molar-refractivity contribution in [2.24, 2.45) is 0 Å². The molecule has 1 heterocycles. The van der Waals surface area contributed by atoms with Crippen molar-refractivity contribution in [3.05, 3.63) is 57.6 Å². The molecule has 142 valence electrons. The Morgan fingerprint density at radius 3 is 2.63 bits per heavy atom. The Morgan fingerprint density at radius 1 is 1.26 bits per heavy atom. The van der Waals surface area contributed by atoms with Crippen molar-refractivity contribution in [1.82, 2.24) is 0 Å². The molecular formula is C18H19N3O5S. The Morgan fingerprint density at radius 2 is 2.00 bits per heavy atom. The van der Waals surface area contributed by atoms with Gasteiger partial charge in [-0.2, -0.15) is 0 Å². The molecule has 27 heavy (non-hydrogen) atoms. The summed E-state index contributed by atoms with van der Waals surface area (Å²) in [5, 5.41) is 14.3. The second-order valence-electron chi connectivity index (χ2n) is 6.48. The van der Waals surface area contributed by atoms with Crippen LogP contribution in [0.1, 0.15) is 18.1 Å². The molecule has 2 aromatic rings. The van der Waals surface area contributed by atoms with Gasteiger partial charge in [0.15, 0.2) is 9.84 Å². The molecule has 0 bridgehead atoms. The molecule has 0 radical (unpaired) electrons. The van der Waals surface area contributed by atoms with Crippen LogP contribution in [0.5, 0.6) is 0 Å². The molecule has 0 unspecified atom stereocenters. The smallest absolute Gasteiger partial charge is 0.293 e. The zero-order valence-electron chi connectivity index (χ0n) is 14.9. The monoisotopic (exact) mass is 389 g/mol. The highest BCUT2D eigenvalue weighted by Crippen LogP contribution is 2.35. The van der Waals surface area contributed by atoms with Crippen molar-refractivity contribution in [3.8, 4) is 0 Å². The zero-order chi connectivity index (χ0) is 19.8. The minimum absolute atomic E-state index is 0.0803. The Balaban J connectivity index is 1.98. The molecular weight excluding hydrogens is 370 g/mol. The van der Waals surface area contributed by atoms with E-state index >= 15 is 0 Å². The molecule has 0 saturated carbocycles. The summed E-state index contributed by atoms with van der Waals surface area (Å²) in [6.07, 6.45) is 1.63. The normalized spacial score (nSPS) is 13.8. The van der Waals surface area contributed by atoms with Gasteiger partial charge in [0, 0.05) is 38.0 Å².